The summed E-state index contributed by atoms with van der Waals surface area (Å²) < 4.78 is 25.2. The molecule has 1 rings (SSSR count). The van der Waals surface area contributed by atoms with Crippen LogP contribution in [0.3, 0.4) is 0 Å². The smallest absolute Gasteiger partial charge is 0.241 e. The van der Waals surface area contributed by atoms with Gasteiger partial charge in [-0.2, -0.15) is 0 Å². The molecule has 1 aromatic rings. The van der Waals surface area contributed by atoms with E-state index in [1.165, 1.54) is 31.3 Å². The highest BCUT2D eigenvalue weighted by molar-refractivity contribution is 7.89. The number of hydrogen-bond acceptors (Lipinski definition) is 4. The van der Waals surface area contributed by atoms with E-state index in [0.717, 1.165) is 6.42 Å². The van der Waals surface area contributed by atoms with Crippen LogP contribution in [0.5, 0.6) is 0 Å². The van der Waals surface area contributed by atoms with Gasteiger partial charge in [-0.25, -0.2) is 13.1 Å². The van der Waals surface area contributed by atoms with Gasteiger partial charge in [0.15, 0.2) is 0 Å². The first-order valence-corrected chi connectivity index (χ1v) is 7.49. The molecule has 0 spiro atoms. The lowest BCUT2D eigenvalue weighted by Gasteiger charge is -2.11. The third-order valence-electron chi connectivity index (χ3n) is 2.64. The predicted molar refractivity (Wildman–Crippen MR) is 74.2 cm³/mol. The number of carbonyl (C=O) groups excluding carboxylic acids is 1. The lowest BCUT2D eigenvalue weighted by Crippen LogP contribution is -2.35. The van der Waals surface area contributed by atoms with E-state index in [9.17, 15) is 13.2 Å². The minimum atomic E-state index is -3.46. The highest BCUT2D eigenvalue weighted by atomic mass is 32.2. The van der Waals surface area contributed by atoms with Gasteiger partial charge in [-0.3, -0.25) is 4.79 Å². The van der Waals surface area contributed by atoms with Crippen LogP contribution >= 0.6 is 0 Å². The molecule has 0 aromatic heterocycles. The quantitative estimate of drug-likeness (QED) is 0.714. The van der Waals surface area contributed by atoms with Gasteiger partial charge in [-0.15, -0.1) is 0 Å². The van der Waals surface area contributed by atoms with Crippen molar-refractivity contribution >= 4 is 21.6 Å². The number of nitrogens with one attached hydrogen (secondary N) is 2. The lowest BCUT2D eigenvalue weighted by molar-refractivity contribution is -0.117. The molecule has 1 amide bonds. The van der Waals surface area contributed by atoms with Crippen LogP contribution in [0.1, 0.15) is 19.8 Å². The molecule has 0 aliphatic heterocycles. The van der Waals surface area contributed by atoms with Crippen molar-refractivity contribution < 1.29 is 13.2 Å². The van der Waals surface area contributed by atoms with Gasteiger partial charge in [-0.1, -0.05) is 13.3 Å². The van der Waals surface area contributed by atoms with Crippen LogP contribution in [0.15, 0.2) is 29.2 Å². The molecule has 6 nitrogen and oxygen atoms in total. The van der Waals surface area contributed by atoms with E-state index in [-0.39, 0.29) is 10.8 Å². The van der Waals surface area contributed by atoms with Crippen LogP contribution in [-0.2, 0) is 14.8 Å². The van der Waals surface area contributed by atoms with Crippen molar-refractivity contribution in [3.8, 4) is 0 Å². The number of carbonyl (C=O) groups is 1. The molecule has 19 heavy (non-hydrogen) atoms. The number of anilines is 1. The second-order valence-corrected chi connectivity index (χ2v) is 6.00. The summed E-state index contributed by atoms with van der Waals surface area (Å²) in [7, 11) is -2.11. The predicted octanol–water partition coefficient (Wildman–Crippen LogP) is 0.661. The molecule has 0 heterocycles. The summed E-state index contributed by atoms with van der Waals surface area (Å²) in [5.74, 6) is -0.272. The fourth-order valence-electron chi connectivity index (χ4n) is 1.51. The molecule has 0 aliphatic rings. The van der Waals surface area contributed by atoms with Crippen LogP contribution in [0.4, 0.5) is 5.69 Å². The zero-order chi connectivity index (χ0) is 14.5. The molecule has 4 N–H and O–H groups in total. The van der Waals surface area contributed by atoms with Crippen LogP contribution in [0, 0.1) is 0 Å². The second-order valence-electron chi connectivity index (χ2n) is 4.12. The summed E-state index contributed by atoms with van der Waals surface area (Å²) in [5.41, 5.74) is 6.20. The molecule has 1 atom stereocenters. The van der Waals surface area contributed by atoms with Gasteiger partial charge in [0, 0.05) is 5.69 Å². The minimum Gasteiger partial charge on any atom is -0.325 e. The molecule has 7 heteroatoms. The summed E-state index contributed by atoms with van der Waals surface area (Å²) in [6.07, 6.45) is 1.44. The molecule has 0 saturated carbocycles. The maximum Gasteiger partial charge on any atom is 0.241 e. The topological polar surface area (TPSA) is 101 Å². The molecule has 0 unspecified atom stereocenters. The largest absolute Gasteiger partial charge is 0.325 e. The van der Waals surface area contributed by atoms with E-state index in [4.69, 9.17) is 5.73 Å². The van der Waals surface area contributed by atoms with Crippen LogP contribution < -0.4 is 15.8 Å². The van der Waals surface area contributed by atoms with Gasteiger partial charge in [0.2, 0.25) is 15.9 Å². The zero-order valence-corrected chi connectivity index (χ0v) is 11.8. The Labute approximate surface area is 113 Å². The number of nitrogens with two attached hydrogens (primary N) is 1. The van der Waals surface area contributed by atoms with Crippen LogP contribution in [0.25, 0.3) is 0 Å². The van der Waals surface area contributed by atoms with Crippen molar-refractivity contribution in [1.29, 1.82) is 0 Å². The third kappa shape index (κ3) is 4.30. The van der Waals surface area contributed by atoms with Gasteiger partial charge < -0.3 is 11.1 Å². The van der Waals surface area contributed by atoms with Crippen molar-refractivity contribution in [3.05, 3.63) is 24.3 Å². The fraction of sp³-hybridized carbons (Fsp3) is 0.417. The fourth-order valence-corrected chi connectivity index (χ4v) is 2.24. The summed E-state index contributed by atoms with van der Waals surface area (Å²) >= 11 is 0. The van der Waals surface area contributed by atoms with E-state index < -0.39 is 16.1 Å². The van der Waals surface area contributed by atoms with Crippen molar-refractivity contribution in [2.75, 3.05) is 12.4 Å². The maximum absolute atomic E-state index is 11.7. The number of rotatable bonds is 6. The summed E-state index contributed by atoms with van der Waals surface area (Å²) in [6.45, 7) is 1.95. The zero-order valence-electron chi connectivity index (χ0n) is 11.0. The van der Waals surface area contributed by atoms with Crippen LogP contribution in [-0.4, -0.2) is 27.4 Å². The normalized spacial score (nSPS) is 13.0. The Hall–Kier alpha value is -1.44. The van der Waals surface area contributed by atoms with E-state index in [0.29, 0.717) is 12.1 Å². The van der Waals surface area contributed by atoms with Crippen molar-refractivity contribution in [2.45, 2.75) is 30.7 Å². The SMILES string of the molecule is CCC[C@H](N)C(=O)Nc1ccc(S(=O)(=O)NC)cc1. The van der Waals surface area contributed by atoms with Gasteiger partial charge in [-0.05, 0) is 37.7 Å². The van der Waals surface area contributed by atoms with Gasteiger partial charge >= 0.3 is 0 Å². The summed E-state index contributed by atoms with van der Waals surface area (Å²) in [6, 6.07) is 5.35. The molecule has 106 valence electrons. The van der Waals surface area contributed by atoms with Gasteiger partial charge in [0.25, 0.3) is 0 Å². The number of hydrogen-bond donors (Lipinski definition) is 3. The van der Waals surface area contributed by atoms with E-state index in [1.807, 2.05) is 6.92 Å². The average molecular weight is 285 g/mol. The lowest BCUT2D eigenvalue weighted by atomic mass is 10.1. The maximum atomic E-state index is 11.7. The van der Waals surface area contributed by atoms with Gasteiger partial charge in [0.1, 0.15) is 0 Å². The monoisotopic (exact) mass is 285 g/mol. The number of benzene rings is 1. The highest BCUT2D eigenvalue weighted by Gasteiger charge is 2.14. The van der Waals surface area contributed by atoms with E-state index in [2.05, 4.69) is 10.0 Å². The third-order valence-corrected chi connectivity index (χ3v) is 4.07. The van der Waals surface area contributed by atoms with E-state index in [1.54, 1.807) is 0 Å². The Morgan fingerprint density at radius 2 is 1.89 bits per heavy atom. The van der Waals surface area contributed by atoms with Crippen molar-refractivity contribution in [1.82, 2.24) is 4.72 Å². The summed E-state index contributed by atoms with van der Waals surface area (Å²) in [5, 5.41) is 2.64. The first-order chi connectivity index (χ1) is 8.90. The molecule has 0 saturated heterocycles. The first-order valence-electron chi connectivity index (χ1n) is 6.00. The Bertz CT molecular complexity index is 526. The summed E-state index contributed by atoms with van der Waals surface area (Å²) in [4.78, 5) is 11.8. The molecule has 0 fully saturated rings. The van der Waals surface area contributed by atoms with E-state index >= 15 is 0 Å². The Kier molecular flexibility index (Phi) is 5.46. The standard InChI is InChI=1S/C12H19N3O3S/c1-3-4-11(13)12(16)15-9-5-7-10(8-6-9)19(17,18)14-2/h5-8,11,14H,3-4,13H2,1-2H3,(H,15,16)/t11-/m0/s1. The molecule has 0 radical (unpaired) electrons. The Balaban J connectivity index is 2.75. The Morgan fingerprint density at radius 3 is 2.37 bits per heavy atom. The van der Waals surface area contributed by atoms with Gasteiger partial charge in [0.05, 0.1) is 10.9 Å². The van der Waals surface area contributed by atoms with Crippen LogP contribution in [0.2, 0.25) is 0 Å². The molecule has 1 aromatic carbocycles. The minimum absolute atomic E-state index is 0.144. The molecular formula is C12H19N3O3S. The first kappa shape index (κ1) is 15.6. The second kappa shape index (κ2) is 6.65. The van der Waals surface area contributed by atoms with Crippen molar-refractivity contribution in [2.24, 2.45) is 5.73 Å². The number of sulfonamides is 1. The molecule has 0 bridgehead atoms. The highest BCUT2D eigenvalue weighted by Crippen LogP contribution is 2.14. The molecular weight excluding hydrogens is 266 g/mol. The van der Waals surface area contributed by atoms with Crippen molar-refractivity contribution in [3.63, 3.8) is 0 Å². The Morgan fingerprint density at radius 1 is 1.32 bits per heavy atom. The number of amides is 1. The average Bonchev–Trinajstić information content (AvgIpc) is 2.39. The molecule has 0 aliphatic carbocycles.